The van der Waals surface area contributed by atoms with Crippen molar-refractivity contribution in [1.82, 2.24) is 24.0 Å². The second kappa shape index (κ2) is 5.85. The Morgan fingerprint density at radius 1 is 1.08 bits per heavy atom. The lowest BCUT2D eigenvalue weighted by atomic mass is 10.2. The lowest BCUT2D eigenvalue weighted by molar-refractivity contribution is 1.20. The smallest absolute Gasteiger partial charge is 0.176 e. The highest BCUT2D eigenvalue weighted by Crippen LogP contribution is 2.29. The van der Waals surface area contributed by atoms with Gasteiger partial charge in [-0.15, -0.1) is 0 Å². The van der Waals surface area contributed by atoms with Gasteiger partial charge in [-0.05, 0) is 36.4 Å². The van der Waals surface area contributed by atoms with Gasteiger partial charge in [0.15, 0.2) is 11.5 Å². The summed E-state index contributed by atoms with van der Waals surface area (Å²) in [5.74, 6) is 0.820. The second-order valence-corrected chi connectivity index (χ2v) is 5.57. The highest BCUT2D eigenvalue weighted by molar-refractivity contribution is 6.20. The molecule has 0 aliphatic heterocycles. The first-order chi connectivity index (χ1) is 12.2. The summed E-state index contributed by atoms with van der Waals surface area (Å²) in [5, 5.41) is 8.84. The number of nitriles is 1. The minimum absolute atomic E-state index is 0.344. The molecule has 2 N–H and O–H groups in total. The van der Waals surface area contributed by atoms with E-state index in [0.29, 0.717) is 39.8 Å². The monoisotopic (exact) mass is 347 g/mol. The number of anilines is 1. The zero-order valence-electron chi connectivity index (χ0n) is 12.8. The second-order valence-electron chi connectivity index (χ2n) is 5.24. The third kappa shape index (κ3) is 2.55. The molecule has 4 rings (SSSR count). The van der Waals surface area contributed by atoms with Crippen LogP contribution in [-0.2, 0) is 0 Å². The molecule has 0 spiro atoms. The van der Waals surface area contributed by atoms with Crippen LogP contribution >= 0.6 is 11.8 Å². The van der Waals surface area contributed by atoms with Crippen molar-refractivity contribution in [3.05, 3.63) is 54.5 Å². The van der Waals surface area contributed by atoms with Crippen LogP contribution in [0.4, 0.5) is 5.82 Å². The van der Waals surface area contributed by atoms with Crippen molar-refractivity contribution < 1.29 is 0 Å². The lowest BCUT2D eigenvalue weighted by Crippen LogP contribution is -1.96. The van der Waals surface area contributed by atoms with Gasteiger partial charge in [0.1, 0.15) is 23.1 Å². The van der Waals surface area contributed by atoms with E-state index in [1.807, 2.05) is 18.2 Å². The van der Waals surface area contributed by atoms with Crippen LogP contribution in [0.2, 0.25) is 0 Å². The fraction of sp³-hybridized carbons (Fsp3) is 0. The summed E-state index contributed by atoms with van der Waals surface area (Å²) in [6.07, 6.45) is 3.20. The number of hydrogen-bond donors (Lipinski definition) is 1. The largest absolute Gasteiger partial charge is 0.383 e. The molecule has 120 valence electrons. The van der Waals surface area contributed by atoms with Gasteiger partial charge in [-0.2, -0.15) is 5.26 Å². The maximum absolute atomic E-state index is 8.84. The minimum Gasteiger partial charge on any atom is -0.383 e. The van der Waals surface area contributed by atoms with Crippen molar-refractivity contribution in [3.8, 4) is 28.7 Å². The summed E-state index contributed by atoms with van der Waals surface area (Å²) in [6, 6.07) is 12.6. The van der Waals surface area contributed by atoms with Crippen LogP contribution in [0.5, 0.6) is 0 Å². The quantitative estimate of drug-likeness (QED) is 0.597. The number of nitrogen functional groups attached to an aromatic ring is 1. The third-order valence-corrected chi connectivity index (χ3v) is 4.03. The van der Waals surface area contributed by atoms with E-state index < -0.39 is 0 Å². The average Bonchev–Trinajstić information content (AvgIpc) is 2.98. The van der Waals surface area contributed by atoms with E-state index in [-0.39, 0.29) is 0 Å². The van der Waals surface area contributed by atoms with Gasteiger partial charge in [0.2, 0.25) is 0 Å². The first kappa shape index (κ1) is 15.1. The Bertz CT molecular complexity index is 1130. The van der Waals surface area contributed by atoms with Gasteiger partial charge in [0.05, 0.1) is 11.3 Å². The molecule has 25 heavy (non-hydrogen) atoms. The molecule has 0 aromatic carbocycles. The van der Waals surface area contributed by atoms with E-state index in [0.717, 1.165) is 5.56 Å². The average molecular weight is 348 g/mol. The predicted octanol–water partition coefficient (Wildman–Crippen LogP) is 3.01. The van der Waals surface area contributed by atoms with Gasteiger partial charge < -0.3 is 5.73 Å². The molecule has 0 amide bonds. The molecule has 0 atom stereocenters. The van der Waals surface area contributed by atoms with Crippen molar-refractivity contribution in [3.63, 3.8) is 0 Å². The first-order valence-electron chi connectivity index (χ1n) is 7.30. The molecule has 0 unspecified atom stereocenters. The van der Waals surface area contributed by atoms with Crippen LogP contribution in [-0.4, -0.2) is 24.0 Å². The molecule has 7 nitrogen and oxygen atoms in total. The molecule has 0 radical (unpaired) electrons. The van der Waals surface area contributed by atoms with E-state index in [9.17, 15) is 0 Å². The molecular formula is C17H10ClN7. The normalized spacial score (nSPS) is 10.7. The number of hydrogen-bond acceptors (Lipinski definition) is 6. The zero-order valence-corrected chi connectivity index (χ0v) is 13.5. The predicted molar refractivity (Wildman–Crippen MR) is 94.4 cm³/mol. The number of aromatic nitrogens is 5. The molecular weight excluding hydrogens is 338 g/mol. The number of nitrogens with zero attached hydrogens (tertiary/aromatic N) is 6. The Labute approximate surface area is 147 Å². The fourth-order valence-corrected chi connectivity index (χ4v) is 2.73. The summed E-state index contributed by atoms with van der Waals surface area (Å²) in [4.78, 5) is 17.2. The Hall–Kier alpha value is -3.50. The summed E-state index contributed by atoms with van der Waals surface area (Å²) in [5.41, 5.74) is 9.49. The van der Waals surface area contributed by atoms with E-state index >= 15 is 0 Å². The Balaban J connectivity index is 1.85. The summed E-state index contributed by atoms with van der Waals surface area (Å²) in [7, 11) is 0. The van der Waals surface area contributed by atoms with Crippen LogP contribution in [0, 0.1) is 11.3 Å². The zero-order chi connectivity index (χ0) is 17.4. The molecule has 4 aromatic rings. The van der Waals surface area contributed by atoms with Crippen LogP contribution in [0.25, 0.3) is 33.8 Å². The summed E-state index contributed by atoms with van der Waals surface area (Å²) < 4.78 is 1.36. The molecule has 0 saturated heterocycles. The van der Waals surface area contributed by atoms with Gasteiger partial charge in [0.25, 0.3) is 0 Å². The van der Waals surface area contributed by atoms with Crippen molar-refractivity contribution in [1.29, 1.82) is 5.26 Å². The van der Waals surface area contributed by atoms with Crippen molar-refractivity contribution in [2.45, 2.75) is 0 Å². The van der Waals surface area contributed by atoms with E-state index in [1.54, 1.807) is 36.7 Å². The highest BCUT2D eigenvalue weighted by atomic mass is 35.5. The van der Waals surface area contributed by atoms with Crippen LogP contribution in [0.1, 0.15) is 5.69 Å². The molecule has 0 bridgehead atoms. The fourth-order valence-electron chi connectivity index (χ4n) is 2.48. The number of rotatable bonds is 2. The summed E-state index contributed by atoms with van der Waals surface area (Å²) >= 11 is 6.42. The van der Waals surface area contributed by atoms with Gasteiger partial charge in [-0.3, -0.25) is 0 Å². The number of pyridine rings is 3. The molecule has 0 fully saturated rings. The molecule has 0 aliphatic rings. The Kier molecular flexibility index (Phi) is 3.52. The number of fused-ring (bicyclic) bond motifs is 1. The third-order valence-electron chi connectivity index (χ3n) is 3.71. The maximum Gasteiger partial charge on any atom is 0.176 e. The molecule has 0 saturated carbocycles. The van der Waals surface area contributed by atoms with Crippen LogP contribution < -0.4 is 5.73 Å². The van der Waals surface area contributed by atoms with Crippen LogP contribution in [0.3, 0.4) is 0 Å². The summed E-state index contributed by atoms with van der Waals surface area (Å²) in [6.45, 7) is 0. The maximum atomic E-state index is 8.84. The van der Waals surface area contributed by atoms with E-state index in [1.165, 1.54) is 4.09 Å². The molecule has 8 heteroatoms. The van der Waals surface area contributed by atoms with Gasteiger partial charge in [-0.25, -0.2) is 24.0 Å². The molecule has 4 aromatic heterocycles. The topological polar surface area (TPSA) is 106 Å². The Morgan fingerprint density at radius 2 is 1.96 bits per heavy atom. The van der Waals surface area contributed by atoms with E-state index in [4.69, 9.17) is 22.8 Å². The number of nitrogens with two attached hydrogens (primary N) is 1. The SMILES string of the molecule is N#Cc1ccc(-c2ccc3nc(-c4cccnc4N)n(Cl)c3n2)cn1. The van der Waals surface area contributed by atoms with E-state index in [2.05, 4.69) is 19.9 Å². The number of halogens is 1. The van der Waals surface area contributed by atoms with Crippen molar-refractivity contribution >= 4 is 28.8 Å². The minimum atomic E-state index is 0.344. The highest BCUT2D eigenvalue weighted by Gasteiger charge is 2.16. The molecule has 0 aliphatic carbocycles. The Morgan fingerprint density at radius 3 is 2.68 bits per heavy atom. The van der Waals surface area contributed by atoms with Crippen molar-refractivity contribution in [2.24, 2.45) is 0 Å². The van der Waals surface area contributed by atoms with Crippen molar-refractivity contribution in [2.75, 3.05) is 5.73 Å². The number of imidazole rings is 1. The molecule has 4 heterocycles. The van der Waals surface area contributed by atoms with Gasteiger partial charge in [0, 0.05) is 29.7 Å². The standard InChI is InChI=1S/C17H10ClN7/c18-25-16(12-2-1-7-21-15(12)20)24-14-6-5-13(23-17(14)25)10-3-4-11(8-19)22-9-10/h1-7,9H,(H2,20,21). The lowest BCUT2D eigenvalue weighted by Gasteiger charge is -2.03. The van der Waals surface area contributed by atoms with Gasteiger partial charge in [-0.1, -0.05) is 0 Å². The first-order valence-corrected chi connectivity index (χ1v) is 7.64. The van der Waals surface area contributed by atoms with Gasteiger partial charge >= 0.3 is 0 Å². The van der Waals surface area contributed by atoms with Crippen LogP contribution in [0.15, 0.2) is 48.8 Å².